The van der Waals surface area contributed by atoms with Gasteiger partial charge >= 0.3 is 0 Å². The lowest BCUT2D eigenvalue weighted by Gasteiger charge is -2.37. The maximum absolute atomic E-state index is 14.7. The summed E-state index contributed by atoms with van der Waals surface area (Å²) in [5, 5.41) is 12.6. The van der Waals surface area contributed by atoms with Crippen LogP contribution in [0.2, 0.25) is 0 Å². The van der Waals surface area contributed by atoms with Crippen LogP contribution in [-0.2, 0) is 6.54 Å². The average molecular weight is 439 g/mol. The minimum absolute atomic E-state index is 0.0470. The van der Waals surface area contributed by atoms with Crippen LogP contribution >= 0.6 is 0 Å². The molecule has 2 N–H and O–H groups in total. The lowest BCUT2D eigenvalue weighted by Crippen LogP contribution is -2.48. The summed E-state index contributed by atoms with van der Waals surface area (Å²) in [5.41, 5.74) is -2.55. The van der Waals surface area contributed by atoms with E-state index in [2.05, 4.69) is 5.32 Å². The Kier molecular flexibility index (Phi) is 4.98. The maximum Gasteiger partial charge on any atom is 0.274 e. The van der Waals surface area contributed by atoms with Crippen LogP contribution in [0.5, 0.6) is 5.75 Å². The molecule has 2 aliphatic heterocycles. The molecule has 7 nitrogen and oxygen atoms in total. The largest absolute Gasteiger partial charge is 0.503 e. The van der Waals surface area contributed by atoms with Crippen LogP contribution in [-0.4, -0.2) is 45.4 Å². The summed E-state index contributed by atoms with van der Waals surface area (Å²) in [6.45, 7) is -0.688. The number of hydrogen-bond acceptors (Lipinski definition) is 4. The van der Waals surface area contributed by atoms with E-state index in [1.807, 2.05) is 0 Å². The number of hydrogen-bond donors (Lipinski definition) is 2. The van der Waals surface area contributed by atoms with Crippen molar-refractivity contribution in [2.75, 3.05) is 13.1 Å². The van der Waals surface area contributed by atoms with Gasteiger partial charge in [-0.25, -0.2) is 17.6 Å². The van der Waals surface area contributed by atoms with Crippen LogP contribution in [0.1, 0.15) is 45.3 Å². The normalized spacial score (nSPS) is 19.5. The second-order valence-electron chi connectivity index (χ2n) is 7.53. The molecule has 1 saturated heterocycles. The summed E-state index contributed by atoms with van der Waals surface area (Å²) in [6.07, 6.45) is 0.372. The SMILES string of the molecule is O=C(NCc1ccc(F)cc1F)c1cn2c(c(O)c1=O)C(=O)N1CCCC(F)(F)[C@H]2C1. The number of aromatic hydroxyl groups is 1. The zero-order chi connectivity index (χ0) is 22.5. The second kappa shape index (κ2) is 7.40. The van der Waals surface area contributed by atoms with Gasteiger partial charge in [0.25, 0.3) is 17.7 Å². The van der Waals surface area contributed by atoms with Gasteiger partial charge in [-0.05, 0) is 12.5 Å². The Balaban J connectivity index is 1.71. The van der Waals surface area contributed by atoms with Gasteiger partial charge in [0.15, 0.2) is 11.4 Å². The standard InChI is InChI=1S/C20H17F4N3O4/c21-11-3-2-10(13(22)6-11)7-25-18(30)12-8-27-14-9-26(5-1-4-20(14,23)24)19(31)15(27)17(29)16(12)28/h2-3,6,8,14,29H,1,4-5,7,9H2,(H,25,30)/t14-/m1/s1. The third kappa shape index (κ3) is 3.53. The number of rotatable bonds is 3. The smallest absolute Gasteiger partial charge is 0.274 e. The Morgan fingerprint density at radius 3 is 2.71 bits per heavy atom. The number of nitrogens with zero attached hydrogens (tertiary/aromatic N) is 2. The molecule has 1 aromatic heterocycles. The molecule has 31 heavy (non-hydrogen) atoms. The number of benzene rings is 1. The van der Waals surface area contributed by atoms with Gasteiger partial charge in [-0.2, -0.15) is 0 Å². The zero-order valence-corrected chi connectivity index (χ0v) is 16.0. The number of alkyl halides is 2. The first-order valence-corrected chi connectivity index (χ1v) is 9.47. The molecule has 11 heteroatoms. The van der Waals surface area contributed by atoms with Crippen LogP contribution in [0.25, 0.3) is 0 Å². The first-order valence-electron chi connectivity index (χ1n) is 9.47. The molecule has 0 aliphatic carbocycles. The zero-order valence-electron chi connectivity index (χ0n) is 16.0. The van der Waals surface area contributed by atoms with Gasteiger partial charge in [-0.15, -0.1) is 0 Å². The summed E-state index contributed by atoms with van der Waals surface area (Å²) in [7, 11) is 0. The number of amides is 2. The van der Waals surface area contributed by atoms with Crippen LogP contribution < -0.4 is 10.7 Å². The van der Waals surface area contributed by atoms with E-state index in [-0.39, 0.29) is 25.1 Å². The van der Waals surface area contributed by atoms with Gasteiger partial charge in [0.2, 0.25) is 5.43 Å². The molecule has 1 fully saturated rings. The molecule has 2 amide bonds. The molecule has 0 spiro atoms. The molecule has 4 rings (SSSR count). The molecular formula is C20H17F4N3O4. The predicted molar refractivity (Wildman–Crippen MR) is 99.0 cm³/mol. The minimum Gasteiger partial charge on any atom is -0.503 e. The Hall–Kier alpha value is -3.37. The number of halogens is 4. The number of nitrogens with one attached hydrogen (secondary N) is 1. The number of carbonyl (C=O) groups excluding carboxylic acids is 2. The highest BCUT2D eigenvalue weighted by atomic mass is 19.3. The van der Waals surface area contributed by atoms with Crippen LogP contribution in [0.3, 0.4) is 0 Å². The fourth-order valence-electron chi connectivity index (χ4n) is 3.91. The monoisotopic (exact) mass is 439 g/mol. The van der Waals surface area contributed by atoms with Crippen molar-refractivity contribution in [2.45, 2.75) is 31.4 Å². The average Bonchev–Trinajstić information content (AvgIpc) is 2.84. The molecule has 164 valence electrons. The van der Waals surface area contributed by atoms with E-state index in [4.69, 9.17) is 0 Å². The minimum atomic E-state index is -3.24. The van der Waals surface area contributed by atoms with E-state index < -0.39 is 70.8 Å². The van der Waals surface area contributed by atoms with Crippen LogP contribution in [0.15, 0.2) is 29.2 Å². The summed E-state index contributed by atoms with van der Waals surface area (Å²) in [5.74, 6) is -7.91. The van der Waals surface area contributed by atoms with Gasteiger partial charge in [0.1, 0.15) is 23.2 Å². The van der Waals surface area contributed by atoms with Gasteiger partial charge in [0.05, 0.1) is 0 Å². The third-order valence-electron chi connectivity index (χ3n) is 5.55. The summed E-state index contributed by atoms with van der Waals surface area (Å²) >= 11 is 0. The van der Waals surface area contributed by atoms with Crippen molar-refractivity contribution in [2.24, 2.45) is 0 Å². The summed E-state index contributed by atoms with van der Waals surface area (Å²) in [6, 6.07) is 1.14. The molecule has 1 aromatic carbocycles. The molecule has 2 aliphatic rings. The van der Waals surface area contributed by atoms with E-state index >= 15 is 0 Å². The van der Waals surface area contributed by atoms with Crippen molar-refractivity contribution >= 4 is 11.8 Å². The highest BCUT2D eigenvalue weighted by Crippen LogP contribution is 2.41. The lowest BCUT2D eigenvalue weighted by atomic mass is 10.0. The molecule has 0 radical (unpaired) electrons. The number of fused-ring (bicyclic) bond motifs is 4. The van der Waals surface area contributed by atoms with Crippen molar-refractivity contribution in [1.82, 2.24) is 14.8 Å². The highest BCUT2D eigenvalue weighted by molar-refractivity contribution is 5.99. The topological polar surface area (TPSA) is 91.6 Å². The Labute approximate surface area is 172 Å². The molecule has 0 unspecified atom stereocenters. The van der Waals surface area contributed by atoms with E-state index in [1.54, 1.807) is 0 Å². The van der Waals surface area contributed by atoms with Crippen molar-refractivity contribution in [3.8, 4) is 5.75 Å². The van der Waals surface area contributed by atoms with Crippen LogP contribution in [0.4, 0.5) is 17.6 Å². The van der Waals surface area contributed by atoms with Crippen molar-refractivity contribution < 1.29 is 32.3 Å². The molecule has 3 heterocycles. The van der Waals surface area contributed by atoms with Gasteiger partial charge in [-0.3, -0.25) is 14.4 Å². The first-order chi connectivity index (χ1) is 14.6. The van der Waals surface area contributed by atoms with E-state index in [1.165, 1.54) is 0 Å². The van der Waals surface area contributed by atoms with Gasteiger partial charge in [0, 0.05) is 43.9 Å². The fraction of sp³-hybridized carbons (Fsp3) is 0.350. The van der Waals surface area contributed by atoms with Crippen molar-refractivity contribution in [3.05, 3.63) is 63.1 Å². The van der Waals surface area contributed by atoms with Crippen molar-refractivity contribution in [3.63, 3.8) is 0 Å². The number of carbonyl (C=O) groups is 2. The Morgan fingerprint density at radius 1 is 1.26 bits per heavy atom. The van der Waals surface area contributed by atoms with Crippen LogP contribution in [0, 0.1) is 11.6 Å². The molecule has 1 atom stereocenters. The van der Waals surface area contributed by atoms with E-state index in [9.17, 15) is 37.1 Å². The fourth-order valence-corrected chi connectivity index (χ4v) is 3.91. The van der Waals surface area contributed by atoms with E-state index in [0.717, 1.165) is 27.8 Å². The lowest BCUT2D eigenvalue weighted by molar-refractivity contribution is -0.0597. The summed E-state index contributed by atoms with van der Waals surface area (Å²) in [4.78, 5) is 38.8. The quantitative estimate of drug-likeness (QED) is 0.718. The number of aromatic nitrogens is 1. The molecule has 0 saturated carbocycles. The number of pyridine rings is 1. The van der Waals surface area contributed by atoms with Gasteiger partial charge < -0.3 is 19.9 Å². The second-order valence-corrected chi connectivity index (χ2v) is 7.53. The predicted octanol–water partition coefficient (Wildman–Crippen LogP) is 2.19. The highest BCUT2D eigenvalue weighted by Gasteiger charge is 2.49. The third-order valence-corrected chi connectivity index (χ3v) is 5.55. The molecular weight excluding hydrogens is 422 g/mol. The van der Waals surface area contributed by atoms with Crippen molar-refractivity contribution in [1.29, 1.82) is 0 Å². The maximum atomic E-state index is 14.7. The Bertz CT molecular complexity index is 1150. The van der Waals surface area contributed by atoms with Gasteiger partial charge in [-0.1, -0.05) is 6.07 Å². The Morgan fingerprint density at radius 2 is 2.00 bits per heavy atom. The van der Waals surface area contributed by atoms with E-state index in [0.29, 0.717) is 6.07 Å². The molecule has 2 bridgehead atoms. The summed E-state index contributed by atoms with van der Waals surface area (Å²) < 4.78 is 56.9. The first kappa shape index (κ1) is 20.9. The molecule has 2 aromatic rings.